The Labute approximate surface area is 500 Å². The van der Waals surface area contributed by atoms with E-state index in [1.54, 1.807) is 0 Å². The molecule has 0 N–H and O–H groups in total. The normalized spacial score (nSPS) is 13.0. The van der Waals surface area contributed by atoms with Crippen LogP contribution in [0.25, 0.3) is 0 Å². The van der Waals surface area contributed by atoms with Gasteiger partial charge in [0.25, 0.3) is 0 Å². The number of rotatable bonds is 60. The maximum atomic E-state index is 12.9. The topological polar surface area (TPSA) is 78.9 Å². The van der Waals surface area contributed by atoms with Crippen LogP contribution in [0.1, 0.15) is 303 Å². The highest BCUT2D eigenvalue weighted by atomic mass is 16.6. The lowest BCUT2D eigenvalue weighted by molar-refractivity contribution is -0.167. The fourth-order valence-corrected chi connectivity index (χ4v) is 9.11. The van der Waals surface area contributed by atoms with Crippen molar-refractivity contribution in [3.8, 4) is 0 Å². The minimum Gasteiger partial charge on any atom is -0.462 e. The largest absolute Gasteiger partial charge is 0.462 e. The van der Waals surface area contributed by atoms with E-state index in [1.807, 2.05) is 0 Å². The molecule has 0 spiro atoms. The molecule has 0 aromatic carbocycles. The minimum absolute atomic E-state index is 0.0878. The quantitative estimate of drug-likeness (QED) is 0.0261. The summed E-state index contributed by atoms with van der Waals surface area (Å²) in [4.78, 5) is 38.3. The van der Waals surface area contributed by atoms with Crippen molar-refractivity contribution >= 4 is 17.9 Å². The van der Waals surface area contributed by atoms with Gasteiger partial charge in [-0.25, -0.2) is 0 Å². The molecule has 0 bridgehead atoms. The van der Waals surface area contributed by atoms with Crippen LogP contribution < -0.4 is 0 Å². The Kier molecular flexibility index (Phi) is 64.3. The molecule has 0 aliphatic carbocycles. The number of allylic oxidation sites excluding steroid dienone is 22. The number of hydrogen-bond donors (Lipinski definition) is 0. The zero-order chi connectivity index (χ0) is 58.5. The van der Waals surface area contributed by atoms with Crippen LogP contribution in [0.5, 0.6) is 0 Å². The van der Waals surface area contributed by atoms with Gasteiger partial charge in [-0.15, -0.1) is 0 Å². The van der Waals surface area contributed by atoms with E-state index < -0.39 is 6.10 Å². The average Bonchev–Trinajstić information content (AvgIpc) is 3.47. The highest BCUT2D eigenvalue weighted by Gasteiger charge is 2.19. The van der Waals surface area contributed by atoms with Gasteiger partial charge in [0.2, 0.25) is 0 Å². The molecule has 0 saturated heterocycles. The maximum Gasteiger partial charge on any atom is 0.306 e. The molecule has 0 saturated carbocycles. The van der Waals surface area contributed by atoms with Crippen molar-refractivity contribution in [2.75, 3.05) is 13.2 Å². The first-order chi connectivity index (χ1) is 40.0. The number of carbonyl (C=O) groups is 3. The summed E-state index contributed by atoms with van der Waals surface area (Å²) in [5.41, 5.74) is 0. The summed E-state index contributed by atoms with van der Waals surface area (Å²) in [6.45, 7) is 6.50. The van der Waals surface area contributed by atoms with Gasteiger partial charge >= 0.3 is 17.9 Å². The van der Waals surface area contributed by atoms with E-state index in [0.717, 1.165) is 148 Å². The lowest BCUT2D eigenvalue weighted by Gasteiger charge is -2.18. The summed E-state index contributed by atoms with van der Waals surface area (Å²) >= 11 is 0. The SMILES string of the molecule is CC/C=C\C/C=C\C/C=C\C/C=C\C/C=C\C/C=C\C/C=C\C/C=C\C/C=C\CCCCCCCC(=O)OCC(COC(=O)CCCCCCCCCCCCCC)OC(=O)CCCCCCCCC/C=C\C/C=C\CCCCCC. The second-order valence-electron chi connectivity index (χ2n) is 22.0. The Hall–Kier alpha value is -4.45. The van der Waals surface area contributed by atoms with Gasteiger partial charge in [0, 0.05) is 19.3 Å². The molecule has 0 rings (SSSR count). The molecule has 0 aromatic rings. The fraction of sp³-hybridized carbons (Fsp3) is 0.667. The molecule has 0 aliphatic rings. The van der Waals surface area contributed by atoms with Gasteiger partial charge in [-0.05, 0) is 122 Å². The highest BCUT2D eigenvalue weighted by molar-refractivity contribution is 5.71. The summed E-state index contributed by atoms with van der Waals surface area (Å²) in [5.74, 6) is -0.910. The van der Waals surface area contributed by atoms with Crippen LogP contribution in [0.15, 0.2) is 134 Å². The Bertz CT molecular complexity index is 1720. The molecule has 6 heteroatoms. The fourth-order valence-electron chi connectivity index (χ4n) is 9.11. The van der Waals surface area contributed by atoms with E-state index in [-0.39, 0.29) is 31.1 Å². The summed E-state index contributed by atoms with van der Waals surface area (Å²) in [5, 5.41) is 0. The van der Waals surface area contributed by atoms with Gasteiger partial charge in [0.15, 0.2) is 6.10 Å². The molecule has 0 fully saturated rings. The maximum absolute atomic E-state index is 12.9. The summed E-state index contributed by atoms with van der Waals surface area (Å²) in [6, 6.07) is 0. The van der Waals surface area contributed by atoms with E-state index in [2.05, 4.69) is 154 Å². The first-order valence-electron chi connectivity index (χ1n) is 33.7. The van der Waals surface area contributed by atoms with Crippen LogP contribution in [0.4, 0.5) is 0 Å². The molecule has 81 heavy (non-hydrogen) atoms. The molecular weight excluding hydrogens is 997 g/mol. The van der Waals surface area contributed by atoms with Crippen molar-refractivity contribution < 1.29 is 28.6 Å². The van der Waals surface area contributed by atoms with Crippen LogP contribution in [0.2, 0.25) is 0 Å². The van der Waals surface area contributed by atoms with E-state index in [4.69, 9.17) is 14.2 Å². The lowest BCUT2D eigenvalue weighted by atomic mass is 10.0. The van der Waals surface area contributed by atoms with Gasteiger partial charge in [-0.2, -0.15) is 0 Å². The van der Waals surface area contributed by atoms with Gasteiger partial charge in [0.1, 0.15) is 13.2 Å². The van der Waals surface area contributed by atoms with Crippen molar-refractivity contribution in [1.82, 2.24) is 0 Å². The molecule has 6 nitrogen and oxygen atoms in total. The Morgan fingerprint density at radius 2 is 0.481 bits per heavy atom. The van der Waals surface area contributed by atoms with Gasteiger partial charge in [-0.3, -0.25) is 14.4 Å². The van der Waals surface area contributed by atoms with Crippen molar-refractivity contribution in [2.24, 2.45) is 0 Å². The number of esters is 3. The number of carbonyl (C=O) groups excluding carboxylic acids is 3. The van der Waals surface area contributed by atoms with E-state index in [9.17, 15) is 14.4 Å². The zero-order valence-corrected chi connectivity index (χ0v) is 52.8. The number of unbranched alkanes of at least 4 members (excludes halogenated alkanes) is 27. The average molecular weight is 1120 g/mol. The molecule has 0 amide bonds. The van der Waals surface area contributed by atoms with Crippen molar-refractivity contribution in [2.45, 2.75) is 309 Å². The molecular formula is C75H124O6. The molecule has 0 radical (unpaired) electrons. The molecule has 0 heterocycles. The first-order valence-corrected chi connectivity index (χ1v) is 33.7. The molecule has 460 valence electrons. The van der Waals surface area contributed by atoms with Crippen LogP contribution in [0, 0.1) is 0 Å². The van der Waals surface area contributed by atoms with Gasteiger partial charge in [0.05, 0.1) is 0 Å². The van der Waals surface area contributed by atoms with Crippen LogP contribution in [-0.2, 0) is 28.6 Å². The Morgan fingerprint density at radius 1 is 0.259 bits per heavy atom. The Balaban J connectivity index is 4.33. The number of ether oxygens (including phenoxy) is 3. The van der Waals surface area contributed by atoms with Crippen LogP contribution in [0.3, 0.4) is 0 Å². The highest BCUT2D eigenvalue weighted by Crippen LogP contribution is 2.15. The third kappa shape index (κ3) is 66.2. The second-order valence-corrected chi connectivity index (χ2v) is 22.0. The summed E-state index contributed by atoms with van der Waals surface area (Å²) in [7, 11) is 0. The van der Waals surface area contributed by atoms with E-state index in [0.29, 0.717) is 19.3 Å². The third-order valence-electron chi connectivity index (χ3n) is 14.1. The van der Waals surface area contributed by atoms with Crippen LogP contribution >= 0.6 is 0 Å². The molecule has 0 aliphatic heterocycles. The van der Waals surface area contributed by atoms with Crippen molar-refractivity contribution in [3.05, 3.63) is 134 Å². The van der Waals surface area contributed by atoms with Gasteiger partial charge in [-0.1, -0.05) is 296 Å². The van der Waals surface area contributed by atoms with Gasteiger partial charge < -0.3 is 14.2 Å². The smallest absolute Gasteiger partial charge is 0.306 e. The number of hydrogen-bond acceptors (Lipinski definition) is 6. The van der Waals surface area contributed by atoms with E-state index in [1.165, 1.54) is 116 Å². The molecule has 1 unspecified atom stereocenters. The zero-order valence-electron chi connectivity index (χ0n) is 52.8. The first kappa shape index (κ1) is 76.5. The summed E-state index contributed by atoms with van der Waals surface area (Å²) in [6.07, 6.45) is 96.0. The van der Waals surface area contributed by atoms with Crippen molar-refractivity contribution in [3.63, 3.8) is 0 Å². The molecule has 0 aromatic heterocycles. The van der Waals surface area contributed by atoms with Crippen molar-refractivity contribution in [1.29, 1.82) is 0 Å². The standard InChI is InChI=1S/C75H124O6/c1-4-7-10-13-16-19-22-25-27-29-31-32-33-34-35-36-37-38-39-40-41-42-43-44-45-47-48-50-53-56-59-62-65-68-74(77)80-71-72(70-79-73(76)67-64-61-58-55-52-24-21-18-15-12-9-6-3)81-75(78)69-66-63-60-57-54-51-49-46-30-28-26-23-20-17-14-11-8-5-2/h7,10,16,19-20,23,25,27-28,30-32,34-35,37-38,40-41,43-44,47-48,72H,4-6,8-9,11-15,17-18,21-22,24,26,29,33,36,39,42,45-46,49-71H2,1-3H3/b10-7-,19-16-,23-20-,27-25-,30-28-,32-31-,35-34-,38-37-,41-40-,44-43-,48-47-. The van der Waals surface area contributed by atoms with Crippen LogP contribution in [-0.4, -0.2) is 37.2 Å². The minimum atomic E-state index is -0.794. The predicted octanol–water partition coefficient (Wildman–Crippen LogP) is 23.3. The lowest BCUT2D eigenvalue weighted by Crippen LogP contribution is -2.30. The monoisotopic (exact) mass is 1120 g/mol. The summed E-state index contributed by atoms with van der Waals surface area (Å²) < 4.78 is 16.9. The predicted molar refractivity (Wildman–Crippen MR) is 353 cm³/mol. The Morgan fingerprint density at radius 3 is 0.765 bits per heavy atom. The second kappa shape index (κ2) is 68.1. The third-order valence-corrected chi connectivity index (χ3v) is 14.1. The van der Waals surface area contributed by atoms with E-state index >= 15 is 0 Å². The molecule has 1 atom stereocenters.